The average Bonchev–Trinajstić information content (AvgIpc) is 3.15. The van der Waals surface area contributed by atoms with E-state index in [1.807, 2.05) is 50.4 Å². The van der Waals surface area contributed by atoms with Crippen LogP contribution in [0.2, 0.25) is 0 Å². The van der Waals surface area contributed by atoms with Crippen molar-refractivity contribution in [2.75, 3.05) is 32.2 Å². The van der Waals surface area contributed by atoms with Crippen molar-refractivity contribution in [3.8, 4) is 22.8 Å². The molecule has 0 aliphatic rings. The number of hydrogen-bond donors (Lipinski definition) is 1. The van der Waals surface area contributed by atoms with E-state index < -0.39 is 0 Å². The number of ether oxygens (including phenoxy) is 3. The minimum Gasteiger partial charge on any atom is -0.494 e. The van der Waals surface area contributed by atoms with Gasteiger partial charge in [-0.15, -0.1) is 0 Å². The highest BCUT2D eigenvalue weighted by Gasteiger charge is 2.13. The number of rotatable bonds is 11. The summed E-state index contributed by atoms with van der Waals surface area (Å²) in [5, 5.41) is 3.45. The van der Waals surface area contributed by atoms with Gasteiger partial charge in [0.2, 0.25) is 5.95 Å². The van der Waals surface area contributed by atoms with Crippen molar-refractivity contribution in [3.63, 3.8) is 0 Å². The SMILES string of the molecule is CCOc1ccc(-c2cnc(NCc3ccccc3OCC)n2CCOC)cc1. The fourth-order valence-corrected chi connectivity index (χ4v) is 3.17. The summed E-state index contributed by atoms with van der Waals surface area (Å²) in [5.41, 5.74) is 3.21. The molecule has 0 saturated heterocycles. The predicted octanol–water partition coefficient (Wildman–Crippen LogP) is 4.61. The molecule has 1 heterocycles. The first-order valence-electron chi connectivity index (χ1n) is 9.99. The van der Waals surface area contributed by atoms with Crippen LogP contribution in [-0.4, -0.2) is 36.5 Å². The van der Waals surface area contributed by atoms with Crippen LogP contribution in [0.25, 0.3) is 11.3 Å². The Bertz CT molecular complexity index is 891. The van der Waals surface area contributed by atoms with Gasteiger partial charge in [0.15, 0.2) is 0 Å². The van der Waals surface area contributed by atoms with Crippen molar-refractivity contribution >= 4 is 5.95 Å². The molecule has 0 fully saturated rings. The van der Waals surface area contributed by atoms with E-state index in [4.69, 9.17) is 14.2 Å². The molecule has 29 heavy (non-hydrogen) atoms. The summed E-state index contributed by atoms with van der Waals surface area (Å²) in [4.78, 5) is 4.62. The highest BCUT2D eigenvalue weighted by atomic mass is 16.5. The molecule has 0 saturated carbocycles. The zero-order valence-electron chi connectivity index (χ0n) is 17.4. The number of aromatic nitrogens is 2. The summed E-state index contributed by atoms with van der Waals surface area (Å²) in [5.74, 6) is 2.56. The molecule has 0 atom stereocenters. The molecule has 0 bridgehead atoms. The quantitative estimate of drug-likeness (QED) is 0.514. The third-order valence-electron chi connectivity index (χ3n) is 4.55. The maximum absolute atomic E-state index is 5.73. The van der Waals surface area contributed by atoms with Gasteiger partial charge in [-0.3, -0.25) is 0 Å². The molecule has 0 unspecified atom stereocenters. The molecule has 0 spiro atoms. The Hall–Kier alpha value is -2.99. The van der Waals surface area contributed by atoms with E-state index in [1.165, 1.54) is 0 Å². The topological polar surface area (TPSA) is 57.5 Å². The Morgan fingerprint density at radius 3 is 2.45 bits per heavy atom. The van der Waals surface area contributed by atoms with Crippen LogP contribution < -0.4 is 14.8 Å². The van der Waals surface area contributed by atoms with Crippen molar-refractivity contribution in [3.05, 3.63) is 60.3 Å². The number of benzene rings is 2. The second-order valence-electron chi connectivity index (χ2n) is 6.46. The Balaban J connectivity index is 1.82. The zero-order chi connectivity index (χ0) is 20.5. The highest BCUT2D eigenvalue weighted by molar-refractivity contribution is 5.62. The summed E-state index contributed by atoms with van der Waals surface area (Å²) in [6.07, 6.45) is 1.89. The molecule has 3 rings (SSSR count). The maximum atomic E-state index is 5.73. The molecule has 0 radical (unpaired) electrons. The first-order chi connectivity index (χ1) is 14.3. The van der Waals surface area contributed by atoms with E-state index >= 15 is 0 Å². The van der Waals surface area contributed by atoms with Crippen LogP contribution >= 0.6 is 0 Å². The summed E-state index contributed by atoms with van der Waals surface area (Å²) in [6.45, 7) is 7.20. The first kappa shape index (κ1) is 20.7. The molecular weight excluding hydrogens is 366 g/mol. The number of nitrogens with one attached hydrogen (secondary N) is 1. The number of nitrogens with zero attached hydrogens (tertiary/aromatic N) is 2. The molecule has 6 nitrogen and oxygen atoms in total. The lowest BCUT2D eigenvalue weighted by Crippen LogP contribution is -2.12. The van der Waals surface area contributed by atoms with Crippen molar-refractivity contribution in [1.82, 2.24) is 9.55 Å². The molecule has 154 valence electrons. The first-order valence-corrected chi connectivity index (χ1v) is 9.99. The van der Waals surface area contributed by atoms with Gasteiger partial charge in [0.1, 0.15) is 11.5 Å². The van der Waals surface area contributed by atoms with E-state index in [0.29, 0.717) is 32.9 Å². The number of anilines is 1. The summed E-state index contributed by atoms with van der Waals surface area (Å²) in [6, 6.07) is 16.1. The normalized spacial score (nSPS) is 10.7. The molecule has 0 aliphatic heterocycles. The van der Waals surface area contributed by atoms with Gasteiger partial charge in [-0.25, -0.2) is 4.98 Å². The fourth-order valence-electron chi connectivity index (χ4n) is 3.17. The summed E-state index contributed by atoms with van der Waals surface area (Å²) in [7, 11) is 1.71. The van der Waals surface area contributed by atoms with Crippen LogP contribution in [0, 0.1) is 0 Å². The lowest BCUT2D eigenvalue weighted by Gasteiger charge is -2.15. The number of para-hydroxylation sites is 1. The Morgan fingerprint density at radius 2 is 1.72 bits per heavy atom. The van der Waals surface area contributed by atoms with E-state index in [1.54, 1.807) is 7.11 Å². The minimum absolute atomic E-state index is 0.602. The molecule has 0 amide bonds. The predicted molar refractivity (Wildman–Crippen MR) is 116 cm³/mol. The van der Waals surface area contributed by atoms with Gasteiger partial charge in [-0.2, -0.15) is 0 Å². The van der Waals surface area contributed by atoms with Crippen molar-refractivity contribution in [1.29, 1.82) is 0 Å². The van der Waals surface area contributed by atoms with Gasteiger partial charge < -0.3 is 24.1 Å². The molecule has 6 heteroatoms. The molecule has 1 N–H and O–H groups in total. The lowest BCUT2D eigenvalue weighted by atomic mass is 10.1. The van der Waals surface area contributed by atoms with Gasteiger partial charge in [0.25, 0.3) is 0 Å². The monoisotopic (exact) mass is 395 g/mol. The Morgan fingerprint density at radius 1 is 0.966 bits per heavy atom. The maximum Gasteiger partial charge on any atom is 0.203 e. The van der Waals surface area contributed by atoms with Crippen LogP contribution in [0.3, 0.4) is 0 Å². The number of methoxy groups -OCH3 is 1. The molecule has 1 aromatic heterocycles. The van der Waals surface area contributed by atoms with Crippen molar-refractivity contribution < 1.29 is 14.2 Å². The van der Waals surface area contributed by atoms with Gasteiger partial charge >= 0.3 is 0 Å². The van der Waals surface area contributed by atoms with E-state index in [0.717, 1.165) is 34.3 Å². The van der Waals surface area contributed by atoms with Crippen LogP contribution in [0.15, 0.2) is 54.7 Å². The van der Waals surface area contributed by atoms with E-state index in [2.05, 4.69) is 33.1 Å². The van der Waals surface area contributed by atoms with E-state index in [-0.39, 0.29) is 0 Å². The van der Waals surface area contributed by atoms with Gasteiger partial charge in [0, 0.05) is 31.3 Å². The van der Waals surface area contributed by atoms with Crippen LogP contribution in [-0.2, 0) is 17.8 Å². The molecule has 0 aliphatic carbocycles. The molecule has 3 aromatic rings. The number of imidazole rings is 1. The summed E-state index contributed by atoms with van der Waals surface area (Å²) >= 11 is 0. The van der Waals surface area contributed by atoms with Crippen molar-refractivity contribution in [2.45, 2.75) is 26.9 Å². The van der Waals surface area contributed by atoms with E-state index in [9.17, 15) is 0 Å². The number of hydrogen-bond acceptors (Lipinski definition) is 5. The van der Waals surface area contributed by atoms with Crippen LogP contribution in [0.1, 0.15) is 19.4 Å². The minimum atomic E-state index is 0.602. The average molecular weight is 396 g/mol. The molecule has 2 aromatic carbocycles. The van der Waals surface area contributed by atoms with Gasteiger partial charge in [-0.1, -0.05) is 18.2 Å². The Labute approximate surface area is 172 Å². The fraction of sp³-hybridized carbons (Fsp3) is 0.348. The van der Waals surface area contributed by atoms with Gasteiger partial charge in [-0.05, 0) is 44.2 Å². The lowest BCUT2D eigenvalue weighted by molar-refractivity contribution is 0.188. The second kappa shape index (κ2) is 10.5. The standard InChI is InChI=1S/C23H29N3O3/c1-4-28-20-12-10-18(11-13-20)21-17-25-23(26(21)14-15-27-3)24-16-19-8-6-7-9-22(19)29-5-2/h6-13,17H,4-5,14-16H2,1-3H3,(H,24,25). The third kappa shape index (κ3) is 5.29. The highest BCUT2D eigenvalue weighted by Crippen LogP contribution is 2.26. The zero-order valence-corrected chi connectivity index (χ0v) is 17.4. The smallest absolute Gasteiger partial charge is 0.203 e. The Kier molecular flexibility index (Phi) is 7.53. The second-order valence-corrected chi connectivity index (χ2v) is 6.46. The van der Waals surface area contributed by atoms with Crippen molar-refractivity contribution in [2.24, 2.45) is 0 Å². The van der Waals surface area contributed by atoms with Crippen LogP contribution in [0.4, 0.5) is 5.95 Å². The molecular formula is C23H29N3O3. The summed E-state index contributed by atoms with van der Waals surface area (Å²) < 4.78 is 18.7. The van der Waals surface area contributed by atoms with Crippen LogP contribution in [0.5, 0.6) is 11.5 Å². The van der Waals surface area contributed by atoms with Gasteiger partial charge in [0.05, 0.1) is 31.7 Å². The largest absolute Gasteiger partial charge is 0.494 e. The third-order valence-corrected chi connectivity index (χ3v) is 4.55.